The van der Waals surface area contributed by atoms with Crippen molar-refractivity contribution in [1.29, 1.82) is 0 Å². The highest BCUT2D eigenvalue weighted by atomic mass is 16.6. The number of likely N-dealkylation sites (tertiary alicyclic amines) is 1. The van der Waals surface area contributed by atoms with Crippen LogP contribution in [0.3, 0.4) is 0 Å². The van der Waals surface area contributed by atoms with Crippen molar-refractivity contribution in [1.82, 2.24) is 10.2 Å². The minimum Gasteiger partial charge on any atom is -0.444 e. The first kappa shape index (κ1) is 19.2. The van der Waals surface area contributed by atoms with Gasteiger partial charge in [0, 0.05) is 18.8 Å². The Labute approximate surface area is 159 Å². The summed E-state index contributed by atoms with van der Waals surface area (Å²) in [5, 5.41) is 5.44. The highest BCUT2D eigenvalue weighted by molar-refractivity contribution is 6.06. The maximum Gasteiger partial charge on any atom is 0.410 e. The first-order valence-corrected chi connectivity index (χ1v) is 9.39. The smallest absolute Gasteiger partial charge is 0.410 e. The topological polar surface area (TPSA) is 87.7 Å². The molecule has 1 aromatic rings. The molecule has 146 valence electrons. The Morgan fingerprint density at radius 1 is 1.22 bits per heavy atom. The molecule has 0 unspecified atom stereocenters. The minimum absolute atomic E-state index is 0.164. The van der Waals surface area contributed by atoms with Gasteiger partial charge in [0.25, 0.3) is 0 Å². The van der Waals surface area contributed by atoms with Crippen LogP contribution in [-0.2, 0) is 14.3 Å². The van der Waals surface area contributed by atoms with Gasteiger partial charge in [-0.15, -0.1) is 0 Å². The molecule has 0 radical (unpaired) electrons. The molecule has 2 heterocycles. The van der Waals surface area contributed by atoms with Crippen LogP contribution in [0.15, 0.2) is 24.3 Å². The molecule has 3 amide bonds. The zero-order valence-corrected chi connectivity index (χ0v) is 16.1. The molecule has 0 spiro atoms. The van der Waals surface area contributed by atoms with Crippen molar-refractivity contribution in [3.05, 3.63) is 29.8 Å². The van der Waals surface area contributed by atoms with Gasteiger partial charge >= 0.3 is 6.09 Å². The molecule has 2 saturated heterocycles. The second-order valence-electron chi connectivity index (χ2n) is 8.18. The fourth-order valence-corrected chi connectivity index (χ4v) is 3.48. The monoisotopic (exact) mass is 373 g/mol. The molecular weight excluding hydrogens is 346 g/mol. The van der Waals surface area contributed by atoms with E-state index in [1.165, 1.54) is 5.56 Å². The van der Waals surface area contributed by atoms with Crippen LogP contribution in [0.2, 0.25) is 0 Å². The Morgan fingerprint density at radius 2 is 1.93 bits per heavy atom. The van der Waals surface area contributed by atoms with E-state index in [1.54, 1.807) is 4.90 Å². The van der Waals surface area contributed by atoms with E-state index in [1.807, 2.05) is 39.0 Å². The molecule has 3 rings (SSSR count). The normalized spacial score (nSPS) is 21.1. The average molecular weight is 373 g/mol. The Kier molecular flexibility index (Phi) is 5.39. The van der Waals surface area contributed by atoms with Gasteiger partial charge in [-0.2, -0.15) is 0 Å². The predicted molar refractivity (Wildman–Crippen MR) is 101 cm³/mol. The standard InChI is InChI=1S/C20H27N3O4/c1-20(2,3)27-19(26)23-9-7-13(8-10-23)14-5-4-6-15(11-14)21-16-12-17(24)22-18(16)25/h4-6,11,13,16,21H,7-10,12H2,1-3H3,(H,22,24,25)/t16-/m0/s1. The molecule has 0 aromatic heterocycles. The molecule has 0 bridgehead atoms. The van der Waals surface area contributed by atoms with Crippen LogP contribution in [0, 0.1) is 0 Å². The van der Waals surface area contributed by atoms with Gasteiger partial charge in [0.2, 0.25) is 11.8 Å². The first-order valence-electron chi connectivity index (χ1n) is 9.39. The van der Waals surface area contributed by atoms with E-state index >= 15 is 0 Å². The second kappa shape index (κ2) is 7.58. The molecule has 27 heavy (non-hydrogen) atoms. The SMILES string of the molecule is CC(C)(C)OC(=O)N1CCC(c2cccc(N[C@H]3CC(=O)NC3=O)c2)CC1. The second-order valence-corrected chi connectivity index (χ2v) is 8.18. The number of amides is 3. The highest BCUT2D eigenvalue weighted by Crippen LogP contribution is 2.30. The number of ether oxygens (including phenoxy) is 1. The quantitative estimate of drug-likeness (QED) is 0.796. The summed E-state index contributed by atoms with van der Waals surface area (Å²) < 4.78 is 5.44. The van der Waals surface area contributed by atoms with E-state index in [9.17, 15) is 14.4 Å². The van der Waals surface area contributed by atoms with Crippen molar-refractivity contribution in [3.63, 3.8) is 0 Å². The van der Waals surface area contributed by atoms with Crippen LogP contribution in [-0.4, -0.2) is 47.5 Å². The van der Waals surface area contributed by atoms with Gasteiger partial charge in [-0.3, -0.25) is 14.9 Å². The molecular formula is C20H27N3O4. The number of hydrogen-bond donors (Lipinski definition) is 2. The number of rotatable bonds is 3. The Hall–Kier alpha value is -2.57. The van der Waals surface area contributed by atoms with E-state index < -0.39 is 11.6 Å². The van der Waals surface area contributed by atoms with Crippen molar-refractivity contribution in [3.8, 4) is 0 Å². The van der Waals surface area contributed by atoms with E-state index in [2.05, 4.69) is 16.7 Å². The van der Waals surface area contributed by atoms with Crippen LogP contribution in [0.4, 0.5) is 10.5 Å². The summed E-state index contributed by atoms with van der Waals surface area (Å²) in [5.74, 6) is -0.177. The Balaban J connectivity index is 1.58. The Morgan fingerprint density at radius 3 is 2.52 bits per heavy atom. The van der Waals surface area contributed by atoms with E-state index in [4.69, 9.17) is 4.74 Å². The van der Waals surface area contributed by atoms with Crippen LogP contribution < -0.4 is 10.6 Å². The van der Waals surface area contributed by atoms with Gasteiger partial charge in [0.15, 0.2) is 0 Å². The minimum atomic E-state index is -0.512. The molecule has 2 aliphatic rings. The number of carbonyl (C=O) groups is 3. The summed E-state index contributed by atoms with van der Waals surface area (Å²) in [5.41, 5.74) is 1.52. The third kappa shape index (κ3) is 4.99. The van der Waals surface area contributed by atoms with Crippen LogP contribution in [0.5, 0.6) is 0 Å². The van der Waals surface area contributed by atoms with E-state index in [-0.39, 0.29) is 24.3 Å². The van der Waals surface area contributed by atoms with Gasteiger partial charge in [-0.25, -0.2) is 4.79 Å². The maximum atomic E-state index is 12.2. The molecule has 7 heteroatoms. The van der Waals surface area contributed by atoms with Gasteiger partial charge < -0.3 is 15.0 Å². The van der Waals surface area contributed by atoms with Gasteiger partial charge in [-0.05, 0) is 57.2 Å². The summed E-state index contributed by atoms with van der Waals surface area (Å²) in [6, 6.07) is 7.44. The summed E-state index contributed by atoms with van der Waals surface area (Å²) in [7, 11) is 0. The van der Waals surface area contributed by atoms with Crippen molar-refractivity contribution < 1.29 is 19.1 Å². The summed E-state index contributed by atoms with van der Waals surface area (Å²) in [6.45, 7) is 6.94. The molecule has 1 atom stereocenters. The predicted octanol–water partition coefficient (Wildman–Crippen LogP) is 2.63. The van der Waals surface area contributed by atoms with Crippen LogP contribution >= 0.6 is 0 Å². The van der Waals surface area contributed by atoms with Gasteiger partial charge in [-0.1, -0.05) is 12.1 Å². The third-order valence-electron chi connectivity index (χ3n) is 4.81. The molecule has 0 saturated carbocycles. The lowest BCUT2D eigenvalue weighted by Gasteiger charge is -2.33. The number of imide groups is 1. The number of piperidine rings is 1. The van der Waals surface area contributed by atoms with Crippen molar-refractivity contribution >= 4 is 23.6 Å². The number of carbonyl (C=O) groups excluding carboxylic acids is 3. The molecule has 2 N–H and O–H groups in total. The zero-order valence-electron chi connectivity index (χ0n) is 16.1. The van der Waals surface area contributed by atoms with Crippen molar-refractivity contribution in [2.24, 2.45) is 0 Å². The summed E-state index contributed by atoms with van der Waals surface area (Å²) in [6.07, 6.45) is 1.64. The fraction of sp³-hybridized carbons (Fsp3) is 0.550. The van der Waals surface area contributed by atoms with Crippen LogP contribution in [0.25, 0.3) is 0 Å². The molecule has 0 aliphatic carbocycles. The van der Waals surface area contributed by atoms with Crippen molar-refractivity contribution in [2.75, 3.05) is 18.4 Å². The lowest BCUT2D eigenvalue weighted by molar-refractivity contribution is -0.124. The number of benzene rings is 1. The van der Waals surface area contributed by atoms with Gasteiger partial charge in [0.1, 0.15) is 11.6 Å². The molecule has 2 fully saturated rings. The largest absolute Gasteiger partial charge is 0.444 e. The lowest BCUT2D eigenvalue weighted by atomic mass is 9.89. The number of hydrogen-bond acceptors (Lipinski definition) is 5. The zero-order chi connectivity index (χ0) is 19.6. The van der Waals surface area contributed by atoms with Crippen LogP contribution in [0.1, 0.15) is 51.5 Å². The highest BCUT2D eigenvalue weighted by Gasteiger charge is 2.31. The molecule has 7 nitrogen and oxygen atoms in total. The van der Waals surface area contributed by atoms with E-state index in [0.29, 0.717) is 19.0 Å². The fourth-order valence-electron chi connectivity index (χ4n) is 3.48. The van der Waals surface area contributed by atoms with E-state index in [0.717, 1.165) is 18.5 Å². The number of anilines is 1. The lowest BCUT2D eigenvalue weighted by Crippen LogP contribution is -2.41. The van der Waals surface area contributed by atoms with Crippen molar-refractivity contribution in [2.45, 2.75) is 57.6 Å². The maximum absolute atomic E-state index is 12.2. The first-order chi connectivity index (χ1) is 12.7. The number of nitrogens with zero attached hydrogens (tertiary/aromatic N) is 1. The summed E-state index contributed by atoms with van der Waals surface area (Å²) >= 11 is 0. The summed E-state index contributed by atoms with van der Waals surface area (Å²) in [4.78, 5) is 37.0. The van der Waals surface area contributed by atoms with Gasteiger partial charge in [0.05, 0.1) is 6.42 Å². The Bertz CT molecular complexity index is 733. The third-order valence-corrected chi connectivity index (χ3v) is 4.81. The number of nitrogens with one attached hydrogen (secondary N) is 2. The molecule has 1 aromatic carbocycles. The molecule has 2 aliphatic heterocycles. The average Bonchev–Trinajstić information content (AvgIpc) is 2.91.